The number of carbonyl (C=O) groups is 1. The Labute approximate surface area is 93.0 Å². The highest BCUT2D eigenvalue weighted by Crippen LogP contribution is 2.04. The van der Waals surface area contributed by atoms with Crippen LogP contribution in [0.15, 0.2) is 4.99 Å². The Morgan fingerprint density at radius 1 is 1.53 bits per heavy atom. The fourth-order valence-electron chi connectivity index (χ4n) is 0.649. The van der Waals surface area contributed by atoms with Crippen LogP contribution in [-0.4, -0.2) is 29.5 Å². The summed E-state index contributed by atoms with van der Waals surface area (Å²) < 4.78 is 4.87. The minimum absolute atomic E-state index is 0.0549. The molecule has 15 heavy (non-hydrogen) atoms. The summed E-state index contributed by atoms with van der Waals surface area (Å²) in [6.07, 6.45) is 1.83. The Bertz CT molecular complexity index is 251. The van der Waals surface area contributed by atoms with Crippen molar-refractivity contribution in [1.29, 1.82) is 5.41 Å². The van der Waals surface area contributed by atoms with Crippen LogP contribution in [0.3, 0.4) is 0 Å². The minimum atomic E-state index is -0.357. The number of thioether (sulfide) groups is 1. The van der Waals surface area contributed by atoms with E-state index in [9.17, 15) is 4.79 Å². The highest BCUT2D eigenvalue weighted by Gasteiger charge is 2.05. The molecule has 0 aromatic rings. The van der Waals surface area contributed by atoms with E-state index in [1.54, 1.807) is 0 Å². The van der Waals surface area contributed by atoms with Crippen LogP contribution in [0.5, 0.6) is 0 Å². The van der Waals surface area contributed by atoms with Gasteiger partial charge in [0.25, 0.3) is 0 Å². The van der Waals surface area contributed by atoms with Crippen molar-refractivity contribution in [2.24, 2.45) is 16.5 Å². The number of unbranched alkanes of at least 4 members (excludes halogenated alkanes) is 1. The van der Waals surface area contributed by atoms with Gasteiger partial charge < -0.3 is 16.2 Å². The zero-order chi connectivity index (χ0) is 11.7. The monoisotopic (exact) mass is 232 g/mol. The van der Waals surface area contributed by atoms with E-state index in [4.69, 9.17) is 21.6 Å². The molecule has 0 radical (unpaired) electrons. The summed E-state index contributed by atoms with van der Waals surface area (Å²) in [6, 6.07) is 0. The van der Waals surface area contributed by atoms with Crippen molar-refractivity contribution >= 4 is 28.9 Å². The van der Waals surface area contributed by atoms with Gasteiger partial charge in [-0.05, 0) is 6.42 Å². The molecular formula is C8H16N4O2S. The van der Waals surface area contributed by atoms with E-state index < -0.39 is 0 Å². The molecule has 7 heteroatoms. The molecule has 86 valence electrons. The van der Waals surface area contributed by atoms with Crippen LogP contribution in [0.1, 0.15) is 19.8 Å². The SMILES string of the molecule is CCCCOC(=O)CSC(=N)N=C(N)N. The van der Waals surface area contributed by atoms with E-state index in [1.165, 1.54) is 0 Å². The van der Waals surface area contributed by atoms with Gasteiger partial charge in [0.1, 0.15) is 0 Å². The summed E-state index contributed by atoms with van der Waals surface area (Å²) in [5.74, 6) is -0.491. The topological polar surface area (TPSA) is 115 Å². The normalized spacial score (nSPS) is 9.40. The highest BCUT2D eigenvalue weighted by atomic mass is 32.2. The molecule has 0 aliphatic heterocycles. The molecule has 0 heterocycles. The number of carbonyl (C=O) groups excluding carboxylic acids is 1. The lowest BCUT2D eigenvalue weighted by Crippen LogP contribution is -2.23. The van der Waals surface area contributed by atoms with Gasteiger partial charge in [-0.1, -0.05) is 25.1 Å². The molecule has 0 saturated carbocycles. The molecule has 6 nitrogen and oxygen atoms in total. The first-order valence-corrected chi connectivity index (χ1v) is 5.51. The molecular weight excluding hydrogens is 216 g/mol. The molecule has 0 unspecified atom stereocenters. The summed E-state index contributed by atoms with van der Waals surface area (Å²) in [5.41, 5.74) is 10.1. The lowest BCUT2D eigenvalue weighted by atomic mass is 10.4. The van der Waals surface area contributed by atoms with Gasteiger partial charge in [-0.25, -0.2) is 0 Å². The number of ether oxygens (including phenoxy) is 1. The Kier molecular flexibility index (Phi) is 7.43. The van der Waals surface area contributed by atoms with Crippen LogP contribution in [0.4, 0.5) is 0 Å². The van der Waals surface area contributed by atoms with Crippen molar-refractivity contribution in [1.82, 2.24) is 0 Å². The summed E-state index contributed by atoms with van der Waals surface area (Å²) in [4.78, 5) is 14.5. The van der Waals surface area contributed by atoms with Crippen molar-refractivity contribution < 1.29 is 9.53 Å². The average molecular weight is 232 g/mol. The van der Waals surface area contributed by atoms with Gasteiger partial charge >= 0.3 is 5.97 Å². The molecule has 0 saturated heterocycles. The number of nitrogens with zero attached hydrogens (tertiary/aromatic N) is 1. The first-order valence-electron chi connectivity index (χ1n) is 4.52. The van der Waals surface area contributed by atoms with Crippen molar-refractivity contribution in [2.45, 2.75) is 19.8 Å². The Morgan fingerprint density at radius 2 is 2.20 bits per heavy atom. The minimum Gasteiger partial charge on any atom is -0.465 e. The fourth-order valence-corrected chi connectivity index (χ4v) is 1.16. The molecule has 0 fully saturated rings. The molecule has 0 rings (SSSR count). The third kappa shape index (κ3) is 9.07. The molecule has 0 bridgehead atoms. The van der Waals surface area contributed by atoms with Gasteiger partial charge in [0, 0.05) is 0 Å². The highest BCUT2D eigenvalue weighted by molar-refractivity contribution is 8.14. The zero-order valence-electron chi connectivity index (χ0n) is 8.66. The number of nitrogens with two attached hydrogens (primary N) is 2. The lowest BCUT2D eigenvalue weighted by molar-refractivity contribution is -0.140. The van der Waals surface area contributed by atoms with Gasteiger partial charge in [0.15, 0.2) is 11.1 Å². The maximum absolute atomic E-state index is 11.1. The second-order valence-corrected chi connectivity index (χ2v) is 3.67. The van der Waals surface area contributed by atoms with Gasteiger partial charge in [0.2, 0.25) is 0 Å². The van der Waals surface area contributed by atoms with E-state index >= 15 is 0 Å². The maximum Gasteiger partial charge on any atom is 0.316 e. The number of hydrogen-bond acceptors (Lipinski definition) is 4. The summed E-state index contributed by atoms with van der Waals surface area (Å²) >= 11 is 0.932. The van der Waals surface area contributed by atoms with Crippen molar-refractivity contribution in [2.75, 3.05) is 12.4 Å². The number of aliphatic imine (C=N–C) groups is 1. The quantitative estimate of drug-likeness (QED) is 0.272. The Hall–Kier alpha value is -1.24. The maximum atomic E-state index is 11.1. The van der Waals surface area contributed by atoms with Gasteiger partial charge in [-0.2, -0.15) is 4.99 Å². The predicted octanol–water partition coefficient (Wildman–Crippen LogP) is 0.271. The molecule has 0 aromatic heterocycles. The number of nitrogens with one attached hydrogen (secondary N) is 1. The first kappa shape index (κ1) is 13.8. The van der Waals surface area contributed by atoms with E-state index in [2.05, 4.69) is 4.99 Å². The van der Waals surface area contributed by atoms with Crippen LogP contribution < -0.4 is 11.5 Å². The molecule has 0 spiro atoms. The zero-order valence-corrected chi connectivity index (χ0v) is 9.47. The Morgan fingerprint density at radius 3 is 2.73 bits per heavy atom. The number of amidine groups is 1. The van der Waals surface area contributed by atoms with Gasteiger partial charge in [-0.3, -0.25) is 10.2 Å². The molecule has 0 aliphatic rings. The number of esters is 1. The van der Waals surface area contributed by atoms with Crippen LogP contribution >= 0.6 is 11.8 Å². The number of guanidine groups is 1. The van der Waals surface area contributed by atoms with Crippen LogP contribution in [0.2, 0.25) is 0 Å². The van der Waals surface area contributed by atoms with Crippen LogP contribution in [-0.2, 0) is 9.53 Å². The molecule has 5 N–H and O–H groups in total. The summed E-state index contributed by atoms with van der Waals surface area (Å²) in [6.45, 7) is 2.43. The van der Waals surface area contributed by atoms with E-state index in [0.29, 0.717) is 6.61 Å². The molecule has 0 aromatic carbocycles. The number of rotatable bonds is 5. The van der Waals surface area contributed by atoms with Crippen LogP contribution in [0.25, 0.3) is 0 Å². The van der Waals surface area contributed by atoms with Gasteiger partial charge in [0.05, 0.1) is 12.4 Å². The third-order valence-electron chi connectivity index (χ3n) is 1.32. The van der Waals surface area contributed by atoms with E-state index in [0.717, 1.165) is 24.6 Å². The molecule has 0 amide bonds. The second kappa shape index (κ2) is 8.10. The predicted molar refractivity (Wildman–Crippen MR) is 61.9 cm³/mol. The standard InChI is InChI=1S/C8H16N4O2S/c1-2-3-4-14-6(13)5-15-8(11)12-7(9)10/h2-5H2,1H3,(H5,9,10,11,12). The van der Waals surface area contributed by atoms with Crippen molar-refractivity contribution in [3.8, 4) is 0 Å². The largest absolute Gasteiger partial charge is 0.465 e. The third-order valence-corrected chi connectivity index (χ3v) is 2.06. The summed E-state index contributed by atoms with van der Waals surface area (Å²) in [7, 11) is 0. The molecule has 0 atom stereocenters. The number of hydrogen-bond donors (Lipinski definition) is 3. The second-order valence-electron chi connectivity index (χ2n) is 2.70. The van der Waals surface area contributed by atoms with Crippen molar-refractivity contribution in [3.63, 3.8) is 0 Å². The first-order chi connectivity index (χ1) is 7.06. The van der Waals surface area contributed by atoms with E-state index in [1.807, 2.05) is 6.92 Å². The van der Waals surface area contributed by atoms with Gasteiger partial charge in [-0.15, -0.1) is 0 Å². The fraction of sp³-hybridized carbons (Fsp3) is 0.625. The smallest absolute Gasteiger partial charge is 0.316 e. The average Bonchev–Trinajstić information content (AvgIpc) is 2.14. The van der Waals surface area contributed by atoms with Crippen molar-refractivity contribution in [3.05, 3.63) is 0 Å². The summed E-state index contributed by atoms with van der Waals surface area (Å²) in [5, 5.41) is 7.14. The lowest BCUT2D eigenvalue weighted by Gasteiger charge is -2.02. The van der Waals surface area contributed by atoms with Crippen LogP contribution in [0, 0.1) is 5.41 Å². The molecule has 0 aliphatic carbocycles. The Balaban J connectivity index is 3.62. The van der Waals surface area contributed by atoms with E-state index in [-0.39, 0.29) is 22.8 Å².